The zero-order valence-electron chi connectivity index (χ0n) is 11.4. The van der Waals surface area contributed by atoms with Crippen LogP contribution in [0.3, 0.4) is 0 Å². The Labute approximate surface area is 124 Å². The molecule has 0 spiro atoms. The van der Waals surface area contributed by atoms with Gasteiger partial charge in [-0.25, -0.2) is 0 Å². The van der Waals surface area contributed by atoms with Gasteiger partial charge in [-0.3, -0.25) is 0 Å². The van der Waals surface area contributed by atoms with E-state index in [1.54, 1.807) is 11.3 Å². The molecule has 0 N–H and O–H groups in total. The van der Waals surface area contributed by atoms with E-state index in [0.717, 1.165) is 29.2 Å². The molecule has 4 fully saturated rings. The monoisotopic (exact) mass is 296 g/mol. The molecule has 0 amide bonds. The first kappa shape index (κ1) is 12.6. The Hall–Kier alpha value is -0.150. The summed E-state index contributed by atoms with van der Waals surface area (Å²) in [5.74, 6) is 3.06. The van der Waals surface area contributed by atoms with Gasteiger partial charge in [0.1, 0.15) is 10.0 Å². The van der Waals surface area contributed by atoms with Gasteiger partial charge in [-0.1, -0.05) is 11.3 Å². The average molecular weight is 297 g/mol. The standard InChI is InChI=1S/C15H21ClN2S/c1-9(16)14-18-17-13(19-14)8-15-5-10-2-11(6-15)4-12(3-10)7-15/h9-12H,2-8H2,1H3. The van der Waals surface area contributed by atoms with E-state index in [1.807, 2.05) is 6.92 Å². The van der Waals surface area contributed by atoms with Gasteiger partial charge in [-0.15, -0.1) is 21.8 Å². The summed E-state index contributed by atoms with van der Waals surface area (Å²) in [5, 5.41) is 10.9. The largest absolute Gasteiger partial charge is 0.143 e. The third-order valence-corrected chi connectivity index (χ3v) is 6.96. The maximum atomic E-state index is 6.10. The Morgan fingerprint density at radius 1 is 1.16 bits per heavy atom. The van der Waals surface area contributed by atoms with Crippen molar-refractivity contribution in [2.75, 3.05) is 0 Å². The van der Waals surface area contributed by atoms with E-state index in [1.165, 1.54) is 43.5 Å². The van der Waals surface area contributed by atoms with Crippen LogP contribution in [-0.4, -0.2) is 10.2 Å². The first-order valence-electron chi connectivity index (χ1n) is 7.58. The van der Waals surface area contributed by atoms with E-state index in [0.29, 0.717) is 5.41 Å². The molecule has 2 nitrogen and oxygen atoms in total. The van der Waals surface area contributed by atoms with Crippen molar-refractivity contribution in [2.45, 2.75) is 57.2 Å². The van der Waals surface area contributed by atoms with E-state index in [2.05, 4.69) is 10.2 Å². The molecule has 4 saturated carbocycles. The molecule has 4 bridgehead atoms. The minimum Gasteiger partial charge on any atom is -0.143 e. The molecule has 0 saturated heterocycles. The fraction of sp³-hybridized carbons (Fsp3) is 0.867. The molecule has 0 aliphatic heterocycles. The lowest BCUT2D eigenvalue weighted by Gasteiger charge is -2.56. The summed E-state index contributed by atoms with van der Waals surface area (Å²) in [6.45, 7) is 1.98. The highest BCUT2D eigenvalue weighted by Gasteiger charge is 2.51. The Balaban J connectivity index is 1.55. The number of rotatable bonds is 3. The molecule has 4 aliphatic carbocycles. The van der Waals surface area contributed by atoms with Crippen LogP contribution in [0.2, 0.25) is 0 Å². The van der Waals surface area contributed by atoms with Crippen molar-refractivity contribution in [2.24, 2.45) is 23.2 Å². The maximum absolute atomic E-state index is 6.10. The van der Waals surface area contributed by atoms with Crippen LogP contribution < -0.4 is 0 Å². The zero-order valence-corrected chi connectivity index (χ0v) is 13.0. The third kappa shape index (κ3) is 2.23. The van der Waals surface area contributed by atoms with Crippen molar-refractivity contribution in [1.29, 1.82) is 0 Å². The Bertz CT molecular complexity index is 447. The molecule has 1 atom stereocenters. The summed E-state index contributed by atoms with van der Waals surface area (Å²) >= 11 is 7.84. The average Bonchev–Trinajstić information content (AvgIpc) is 2.74. The second-order valence-corrected chi connectivity index (χ2v) is 8.99. The predicted molar refractivity (Wildman–Crippen MR) is 78.5 cm³/mol. The molecule has 19 heavy (non-hydrogen) atoms. The van der Waals surface area contributed by atoms with Crippen LogP contribution in [0.15, 0.2) is 0 Å². The van der Waals surface area contributed by atoms with Crippen LogP contribution in [0.5, 0.6) is 0 Å². The molecule has 5 rings (SSSR count). The molecule has 104 valence electrons. The Morgan fingerprint density at radius 2 is 1.74 bits per heavy atom. The van der Waals surface area contributed by atoms with E-state index < -0.39 is 0 Å². The molecule has 1 aromatic rings. The Morgan fingerprint density at radius 3 is 2.21 bits per heavy atom. The van der Waals surface area contributed by atoms with Gasteiger partial charge in [0.05, 0.1) is 5.38 Å². The first-order chi connectivity index (χ1) is 9.12. The van der Waals surface area contributed by atoms with Crippen LogP contribution in [-0.2, 0) is 6.42 Å². The minimum atomic E-state index is 0.00242. The number of halogens is 1. The zero-order chi connectivity index (χ0) is 13.0. The van der Waals surface area contributed by atoms with Gasteiger partial charge in [-0.05, 0) is 68.6 Å². The van der Waals surface area contributed by atoms with E-state index in [9.17, 15) is 0 Å². The summed E-state index contributed by atoms with van der Waals surface area (Å²) < 4.78 is 0. The predicted octanol–water partition coefficient (Wildman–Crippen LogP) is 4.60. The van der Waals surface area contributed by atoms with Crippen molar-refractivity contribution < 1.29 is 0 Å². The lowest BCUT2D eigenvalue weighted by atomic mass is 9.49. The van der Waals surface area contributed by atoms with Crippen molar-refractivity contribution in [3.05, 3.63) is 10.0 Å². The van der Waals surface area contributed by atoms with E-state index >= 15 is 0 Å². The fourth-order valence-corrected chi connectivity index (χ4v) is 6.45. The molecule has 4 heteroatoms. The second-order valence-electron chi connectivity index (χ2n) is 7.24. The summed E-state index contributed by atoms with van der Waals surface area (Å²) in [7, 11) is 0. The third-order valence-electron chi connectivity index (χ3n) is 5.51. The van der Waals surface area contributed by atoms with Gasteiger partial charge < -0.3 is 0 Å². The summed E-state index contributed by atoms with van der Waals surface area (Å²) in [4.78, 5) is 0. The SMILES string of the molecule is CC(Cl)c1nnc(CC23CC4CC(CC(C4)C2)C3)s1. The number of nitrogens with zero attached hydrogens (tertiary/aromatic N) is 2. The van der Waals surface area contributed by atoms with Crippen LogP contribution in [0, 0.1) is 23.2 Å². The van der Waals surface area contributed by atoms with Gasteiger partial charge in [0.25, 0.3) is 0 Å². The van der Waals surface area contributed by atoms with Gasteiger partial charge in [0.15, 0.2) is 0 Å². The molecule has 4 aliphatic rings. The van der Waals surface area contributed by atoms with Gasteiger partial charge >= 0.3 is 0 Å². The molecular weight excluding hydrogens is 276 g/mol. The van der Waals surface area contributed by atoms with Crippen molar-refractivity contribution in [1.82, 2.24) is 10.2 Å². The topological polar surface area (TPSA) is 25.8 Å². The Kier molecular flexibility index (Phi) is 2.93. The van der Waals surface area contributed by atoms with Crippen molar-refractivity contribution in [3.63, 3.8) is 0 Å². The second kappa shape index (κ2) is 4.42. The molecular formula is C15H21ClN2S. The quantitative estimate of drug-likeness (QED) is 0.762. The van der Waals surface area contributed by atoms with Crippen LogP contribution in [0.4, 0.5) is 0 Å². The highest BCUT2D eigenvalue weighted by molar-refractivity contribution is 7.11. The first-order valence-corrected chi connectivity index (χ1v) is 8.83. The van der Waals surface area contributed by atoms with Gasteiger partial charge in [0, 0.05) is 6.42 Å². The van der Waals surface area contributed by atoms with Crippen molar-refractivity contribution >= 4 is 22.9 Å². The van der Waals surface area contributed by atoms with Crippen molar-refractivity contribution in [3.8, 4) is 0 Å². The van der Waals surface area contributed by atoms with Crippen LogP contribution in [0.1, 0.15) is 60.8 Å². The van der Waals surface area contributed by atoms with E-state index in [-0.39, 0.29) is 5.38 Å². The van der Waals surface area contributed by atoms with Crippen LogP contribution >= 0.6 is 22.9 Å². The molecule has 1 unspecified atom stereocenters. The van der Waals surface area contributed by atoms with Gasteiger partial charge in [-0.2, -0.15) is 0 Å². The highest BCUT2D eigenvalue weighted by Crippen LogP contribution is 2.61. The number of alkyl halides is 1. The lowest BCUT2D eigenvalue weighted by Crippen LogP contribution is -2.47. The fourth-order valence-electron chi connectivity index (χ4n) is 5.33. The number of aromatic nitrogens is 2. The van der Waals surface area contributed by atoms with E-state index in [4.69, 9.17) is 11.6 Å². The summed E-state index contributed by atoms with van der Waals surface area (Å²) in [6, 6.07) is 0. The molecule has 0 aromatic carbocycles. The lowest BCUT2D eigenvalue weighted by molar-refractivity contribution is -0.0522. The number of hydrogen-bond acceptors (Lipinski definition) is 3. The molecule has 1 heterocycles. The molecule has 0 radical (unpaired) electrons. The smallest absolute Gasteiger partial charge is 0.135 e. The summed E-state index contributed by atoms with van der Waals surface area (Å²) in [5.41, 5.74) is 0.571. The molecule has 1 aromatic heterocycles. The summed E-state index contributed by atoms with van der Waals surface area (Å²) in [6.07, 6.45) is 10.1. The minimum absolute atomic E-state index is 0.00242. The normalized spacial score (nSPS) is 41.7. The number of hydrogen-bond donors (Lipinski definition) is 0. The maximum Gasteiger partial charge on any atom is 0.135 e. The van der Waals surface area contributed by atoms with Crippen LogP contribution in [0.25, 0.3) is 0 Å². The van der Waals surface area contributed by atoms with Gasteiger partial charge in [0.2, 0.25) is 0 Å². The highest BCUT2D eigenvalue weighted by atomic mass is 35.5.